The Labute approximate surface area is 89.1 Å². The van der Waals surface area contributed by atoms with Crippen LogP contribution in [0.5, 0.6) is 0 Å². The van der Waals surface area contributed by atoms with Gasteiger partial charge < -0.3 is 15.5 Å². The molecule has 86 valence electrons. The molecule has 0 fully saturated rings. The summed E-state index contributed by atoms with van der Waals surface area (Å²) in [5, 5.41) is 0. The first kappa shape index (κ1) is 11.0. The van der Waals surface area contributed by atoms with Crippen LogP contribution in [0.25, 0.3) is 11.2 Å². The van der Waals surface area contributed by atoms with E-state index in [1.807, 2.05) is 0 Å². The molecular weight excluding hydrogens is 237 g/mol. The molecule has 0 spiro atoms. The van der Waals surface area contributed by atoms with Crippen LogP contribution in [0.4, 0.5) is 5.82 Å². The van der Waals surface area contributed by atoms with Gasteiger partial charge in [-0.3, -0.25) is 13.7 Å². The van der Waals surface area contributed by atoms with Crippen LogP contribution in [0.15, 0.2) is 12.7 Å². The summed E-state index contributed by atoms with van der Waals surface area (Å²) in [5.41, 5.74) is 6.18. The summed E-state index contributed by atoms with van der Waals surface area (Å²) in [6.07, 6.45) is 2.50. The molecule has 0 amide bonds. The third-order valence-corrected chi connectivity index (χ3v) is 2.23. The van der Waals surface area contributed by atoms with Crippen molar-refractivity contribution < 1.29 is 18.9 Å². The molecule has 10 heteroatoms. The Kier molecular flexibility index (Phi) is 2.60. The minimum atomic E-state index is -4.77. The Morgan fingerprint density at radius 1 is 1.56 bits per heavy atom. The normalized spacial score (nSPS) is 15.1. The SMILES string of the molecule is Nc1ncnc2c1ncn2COP(=O)([O-])O. The van der Waals surface area contributed by atoms with Gasteiger partial charge in [0.05, 0.1) is 6.33 Å². The van der Waals surface area contributed by atoms with E-state index >= 15 is 0 Å². The maximum absolute atomic E-state index is 10.4. The lowest BCUT2D eigenvalue weighted by Gasteiger charge is -2.15. The van der Waals surface area contributed by atoms with Crippen LogP contribution in [0.3, 0.4) is 0 Å². The van der Waals surface area contributed by atoms with E-state index in [9.17, 15) is 9.46 Å². The molecule has 0 bridgehead atoms. The van der Waals surface area contributed by atoms with Gasteiger partial charge in [0.15, 0.2) is 11.5 Å². The van der Waals surface area contributed by atoms with Crippen molar-refractivity contribution in [3.05, 3.63) is 12.7 Å². The molecule has 0 saturated carbocycles. The van der Waals surface area contributed by atoms with Gasteiger partial charge in [-0.25, -0.2) is 15.0 Å². The van der Waals surface area contributed by atoms with E-state index in [1.165, 1.54) is 17.2 Å². The third kappa shape index (κ3) is 2.17. The predicted molar refractivity (Wildman–Crippen MR) is 50.6 cm³/mol. The molecule has 2 heterocycles. The number of nitrogen functional groups attached to an aromatic ring is 1. The van der Waals surface area contributed by atoms with Crippen LogP contribution < -0.4 is 10.6 Å². The minimum absolute atomic E-state index is 0.179. The summed E-state index contributed by atoms with van der Waals surface area (Å²) in [6.45, 7) is -0.426. The fourth-order valence-electron chi connectivity index (χ4n) is 1.13. The molecular formula is C6H7N5O4P-. The molecule has 0 aliphatic rings. The predicted octanol–water partition coefficient (Wildman–Crippen LogP) is -1.16. The molecule has 0 saturated heterocycles. The van der Waals surface area contributed by atoms with Crippen LogP contribution in [0.2, 0.25) is 0 Å². The van der Waals surface area contributed by atoms with Crippen molar-refractivity contribution in [1.29, 1.82) is 0 Å². The van der Waals surface area contributed by atoms with Gasteiger partial charge in [0, 0.05) is 0 Å². The summed E-state index contributed by atoms with van der Waals surface area (Å²) in [7, 11) is -4.77. The summed E-state index contributed by atoms with van der Waals surface area (Å²) in [6, 6.07) is 0. The molecule has 1 unspecified atom stereocenters. The fraction of sp³-hybridized carbons (Fsp3) is 0.167. The Bertz CT molecular complexity index is 563. The van der Waals surface area contributed by atoms with Crippen molar-refractivity contribution in [3.8, 4) is 0 Å². The summed E-state index contributed by atoms with van der Waals surface area (Å²) in [4.78, 5) is 30.3. The van der Waals surface area contributed by atoms with Crippen molar-refractivity contribution in [2.24, 2.45) is 0 Å². The van der Waals surface area contributed by atoms with E-state index in [1.54, 1.807) is 0 Å². The Morgan fingerprint density at radius 2 is 2.31 bits per heavy atom. The molecule has 0 radical (unpaired) electrons. The number of anilines is 1. The molecule has 0 aliphatic carbocycles. The first-order chi connectivity index (χ1) is 7.47. The van der Waals surface area contributed by atoms with E-state index in [4.69, 9.17) is 10.6 Å². The lowest BCUT2D eigenvalue weighted by molar-refractivity contribution is -0.222. The van der Waals surface area contributed by atoms with E-state index in [-0.39, 0.29) is 5.82 Å². The van der Waals surface area contributed by atoms with Gasteiger partial charge in [0.1, 0.15) is 18.6 Å². The van der Waals surface area contributed by atoms with Gasteiger partial charge in [-0.1, -0.05) is 0 Å². The van der Waals surface area contributed by atoms with Crippen LogP contribution >= 0.6 is 7.82 Å². The maximum Gasteiger partial charge on any atom is 0.266 e. The second-order valence-electron chi connectivity index (χ2n) is 2.87. The van der Waals surface area contributed by atoms with E-state index in [0.29, 0.717) is 11.2 Å². The first-order valence-electron chi connectivity index (χ1n) is 4.07. The number of rotatable bonds is 3. The van der Waals surface area contributed by atoms with Gasteiger partial charge >= 0.3 is 0 Å². The lowest BCUT2D eigenvalue weighted by Crippen LogP contribution is -2.07. The topological polar surface area (TPSA) is 139 Å². The standard InChI is InChI=1S/C6H8N5O4P/c7-5-4-6(9-1-8-5)11(2-10-4)3-15-16(12,13)14/h1-2H,3H2,(H2,7,8,9)(H2,12,13,14)/p-1. The Hall–Kier alpha value is -1.54. The number of nitrogens with two attached hydrogens (primary N) is 1. The second kappa shape index (κ2) is 3.80. The zero-order chi connectivity index (χ0) is 11.8. The Balaban J connectivity index is 2.32. The zero-order valence-corrected chi connectivity index (χ0v) is 8.74. The number of aromatic nitrogens is 4. The first-order valence-corrected chi connectivity index (χ1v) is 5.56. The Morgan fingerprint density at radius 3 is 3.00 bits per heavy atom. The smallest absolute Gasteiger partial charge is 0.266 e. The van der Waals surface area contributed by atoms with E-state index in [0.717, 1.165) is 0 Å². The monoisotopic (exact) mass is 244 g/mol. The van der Waals surface area contributed by atoms with Crippen LogP contribution in [0.1, 0.15) is 0 Å². The molecule has 0 aliphatic heterocycles. The number of phosphoric acid groups is 1. The highest BCUT2D eigenvalue weighted by Gasteiger charge is 2.09. The van der Waals surface area contributed by atoms with Crippen molar-refractivity contribution in [2.75, 3.05) is 5.73 Å². The summed E-state index contributed by atoms with van der Waals surface area (Å²) in [5.74, 6) is 0.179. The van der Waals surface area contributed by atoms with Gasteiger partial charge in [-0.05, 0) is 0 Å². The van der Waals surface area contributed by atoms with E-state index < -0.39 is 14.6 Å². The average Bonchev–Trinajstić information content (AvgIpc) is 2.58. The van der Waals surface area contributed by atoms with Gasteiger partial charge in [0.2, 0.25) is 0 Å². The largest absolute Gasteiger partial charge is 0.756 e. The molecule has 3 N–H and O–H groups in total. The van der Waals surface area contributed by atoms with Gasteiger partial charge in [-0.15, -0.1) is 0 Å². The molecule has 9 nitrogen and oxygen atoms in total. The average molecular weight is 244 g/mol. The molecule has 16 heavy (non-hydrogen) atoms. The molecule has 0 aromatic carbocycles. The number of imidazole rings is 1. The second-order valence-corrected chi connectivity index (χ2v) is 4.07. The number of nitrogens with zero attached hydrogens (tertiary/aromatic N) is 4. The van der Waals surface area contributed by atoms with Gasteiger partial charge in [0.25, 0.3) is 7.82 Å². The van der Waals surface area contributed by atoms with Gasteiger partial charge in [-0.2, -0.15) is 0 Å². The van der Waals surface area contributed by atoms with Crippen molar-refractivity contribution in [2.45, 2.75) is 6.73 Å². The van der Waals surface area contributed by atoms with Crippen LogP contribution in [-0.2, 0) is 15.8 Å². The number of phosphoric ester groups is 1. The molecule has 1 atom stereocenters. The number of hydrogen-bond acceptors (Lipinski definition) is 7. The quantitative estimate of drug-likeness (QED) is 0.644. The van der Waals surface area contributed by atoms with Crippen molar-refractivity contribution in [1.82, 2.24) is 19.5 Å². The highest BCUT2D eigenvalue weighted by Crippen LogP contribution is 2.31. The van der Waals surface area contributed by atoms with Crippen LogP contribution in [0, 0.1) is 0 Å². The number of hydrogen-bond donors (Lipinski definition) is 2. The van der Waals surface area contributed by atoms with Crippen molar-refractivity contribution >= 4 is 24.8 Å². The fourth-order valence-corrected chi connectivity index (χ4v) is 1.40. The summed E-state index contributed by atoms with van der Waals surface area (Å²) >= 11 is 0. The highest BCUT2D eigenvalue weighted by molar-refractivity contribution is 7.44. The number of fused-ring (bicyclic) bond motifs is 1. The van der Waals surface area contributed by atoms with Crippen molar-refractivity contribution in [3.63, 3.8) is 0 Å². The zero-order valence-electron chi connectivity index (χ0n) is 7.85. The van der Waals surface area contributed by atoms with Crippen LogP contribution in [-0.4, -0.2) is 24.4 Å². The molecule has 2 aromatic heterocycles. The highest BCUT2D eigenvalue weighted by atomic mass is 31.2. The lowest BCUT2D eigenvalue weighted by atomic mass is 10.5. The molecule has 2 aromatic rings. The third-order valence-electron chi connectivity index (χ3n) is 1.79. The minimum Gasteiger partial charge on any atom is -0.756 e. The maximum atomic E-state index is 10.4. The van der Waals surface area contributed by atoms with E-state index in [2.05, 4.69) is 19.5 Å². The molecule has 2 rings (SSSR count). The summed E-state index contributed by atoms with van der Waals surface area (Å²) < 4.78 is 15.9.